The van der Waals surface area contributed by atoms with Crippen molar-refractivity contribution < 1.29 is 19.1 Å². The van der Waals surface area contributed by atoms with Gasteiger partial charge in [-0.25, -0.2) is 4.90 Å². The number of anilines is 2. The van der Waals surface area contributed by atoms with E-state index >= 15 is 0 Å². The molecular weight excluding hydrogens is 450 g/mol. The predicted molar refractivity (Wildman–Crippen MR) is 139 cm³/mol. The van der Waals surface area contributed by atoms with Gasteiger partial charge in [0, 0.05) is 13.0 Å². The number of carbonyl (C=O) groups excluding carboxylic acids is 2. The lowest BCUT2D eigenvalue weighted by atomic mass is 10.2. The van der Waals surface area contributed by atoms with Gasteiger partial charge in [0.15, 0.2) is 5.17 Å². The van der Waals surface area contributed by atoms with Crippen molar-refractivity contribution >= 4 is 40.1 Å². The molecule has 0 radical (unpaired) electrons. The van der Waals surface area contributed by atoms with Gasteiger partial charge in [-0.2, -0.15) is 0 Å². The van der Waals surface area contributed by atoms with Crippen LogP contribution < -0.4 is 19.7 Å². The maximum Gasteiger partial charge on any atom is 0.247 e. The molecule has 0 saturated carbocycles. The third-order valence-corrected chi connectivity index (χ3v) is 6.48. The number of unbranched alkanes of at least 4 members (excludes halogenated alkanes) is 3. The highest BCUT2D eigenvalue weighted by molar-refractivity contribution is 8.15. The van der Waals surface area contributed by atoms with Crippen LogP contribution in [0.4, 0.5) is 11.4 Å². The van der Waals surface area contributed by atoms with Crippen LogP contribution in [0.25, 0.3) is 0 Å². The molecule has 34 heavy (non-hydrogen) atoms. The van der Waals surface area contributed by atoms with Crippen molar-refractivity contribution in [2.45, 2.75) is 51.2 Å². The van der Waals surface area contributed by atoms with E-state index < -0.39 is 5.25 Å². The van der Waals surface area contributed by atoms with Gasteiger partial charge in [-0.05, 0) is 49.7 Å². The number of imide groups is 1. The summed E-state index contributed by atoms with van der Waals surface area (Å²) in [5.74, 6) is 0.955. The molecule has 0 spiro atoms. The number of thioether (sulfide) groups is 1. The lowest BCUT2D eigenvalue weighted by Crippen LogP contribution is -2.31. The maximum absolute atomic E-state index is 13.1. The van der Waals surface area contributed by atoms with E-state index in [2.05, 4.69) is 17.2 Å². The summed E-state index contributed by atoms with van der Waals surface area (Å²) in [6.45, 7) is 5.31. The fourth-order valence-corrected chi connectivity index (χ4v) is 4.70. The second-order valence-corrected chi connectivity index (χ2v) is 9.08. The van der Waals surface area contributed by atoms with Crippen LogP contribution in [0.5, 0.6) is 11.5 Å². The standard InChI is InChI=1S/C26H33N3O4S/c1-4-6-7-10-17-33-20-15-13-19(14-16-20)29-24(30)18-23(25(29)31)34-26(27-5-2)28-21-11-8-9-12-22(21)32-3/h8-9,11-16,23H,4-7,10,17-18H2,1-3H3,(H,27,28)/t23-/m0/s1. The zero-order chi connectivity index (χ0) is 24.3. The maximum atomic E-state index is 13.1. The Morgan fingerprint density at radius 2 is 1.85 bits per heavy atom. The fraction of sp³-hybridized carbons (Fsp3) is 0.423. The molecule has 2 aromatic rings. The highest BCUT2D eigenvalue weighted by Gasteiger charge is 2.40. The molecule has 1 heterocycles. The van der Waals surface area contributed by atoms with Crippen LogP contribution in [0, 0.1) is 0 Å². The van der Waals surface area contributed by atoms with Crippen molar-refractivity contribution in [3.05, 3.63) is 48.5 Å². The van der Waals surface area contributed by atoms with E-state index in [0.717, 1.165) is 24.3 Å². The first-order chi connectivity index (χ1) is 16.6. The lowest BCUT2D eigenvalue weighted by Gasteiger charge is -2.17. The number of hydrogen-bond donors (Lipinski definition) is 1. The van der Waals surface area contributed by atoms with Crippen LogP contribution in [0.3, 0.4) is 0 Å². The van der Waals surface area contributed by atoms with Crippen LogP contribution in [0.2, 0.25) is 0 Å². The quantitative estimate of drug-likeness (QED) is 0.197. The van der Waals surface area contributed by atoms with Gasteiger partial charge in [0.25, 0.3) is 0 Å². The second kappa shape index (κ2) is 13.0. The summed E-state index contributed by atoms with van der Waals surface area (Å²) >= 11 is 1.27. The Hall–Kier alpha value is -3.00. The number of amidine groups is 1. The molecule has 3 rings (SSSR count). The third-order valence-electron chi connectivity index (χ3n) is 5.37. The van der Waals surface area contributed by atoms with Gasteiger partial charge in [-0.1, -0.05) is 50.1 Å². The summed E-state index contributed by atoms with van der Waals surface area (Å²) in [5.41, 5.74) is 1.31. The average molecular weight is 484 g/mol. The molecule has 1 N–H and O–H groups in total. The smallest absolute Gasteiger partial charge is 0.247 e. The SMILES string of the molecule is CCCCCCOc1ccc(N2C(=O)C[C@H](SC(=NCC)Nc3ccccc3OC)C2=O)cc1. The molecule has 0 aromatic heterocycles. The zero-order valence-electron chi connectivity index (χ0n) is 20.1. The number of para-hydroxylation sites is 2. The van der Waals surface area contributed by atoms with Gasteiger partial charge in [0.1, 0.15) is 16.7 Å². The number of carbonyl (C=O) groups is 2. The molecule has 1 atom stereocenters. The Morgan fingerprint density at radius 1 is 1.09 bits per heavy atom. The van der Waals surface area contributed by atoms with Crippen molar-refractivity contribution in [2.24, 2.45) is 4.99 Å². The fourth-order valence-electron chi connectivity index (χ4n) is 3.63. The topological polar surface area (TPSA) is 80.2 Å². The van der Waals surface area contributed by atoms with Crippen LogP contribution in [-0.2, 0) is 9.59 Å². The summed E-state index contributed by atoms with van der Waals surface area (Å²) in [6, 6.07) is 14.6. The van der Waals surface area contributed by atoms with Gasteiger partial charge < -0.3 is 14.8 Å². The van der Waals surface area contributed by atoms with Crippen molar-refractivity contribution in [1.29, 1.82) is 0 Å². The number of amides is 2. The molecule has 1 aliphatic rings. The largest absolute Gasteiger partial charge is 0.495 e. The molecule has 0 unspecified atom stereocenters. The van der Waals surface area contributed by atoms with E-state index in [1.807, 2.05) is 43.3 Å². The monoisotopic (exact) mass is 483 g/mol. The summed E-state index contributed by atoms with van der Waals surface area (Å²) < 4.78 is 11.2. The number of methoxy groups -OCH3 is 1. The number of aliphatic imine (C=N–C) groups is 1. The van der Waals surface area contributed by atoms with E-state index in [-0.39, 0.29) is 18.2 Å². The van der Waals surface area contributed by atoms with Gasteiger partial charge in [0.2, 0.25) is 11.8 Å². The number of nitrogens with one attached hydrogen (secondary N) is 1. The highest BCUT2D eigenvalue weighted by atomic mass is 32.2. The van der Waals surface area contributed by atoms with Crippen LogP contribution in [0.1, 0.15) is 46.0 Å². The van der Waals surface area contributed by atoms with E-state index in [9.17, 15) is 9.59 Å². The van der Waals surface area contributed by atoms with E-state index in [1.54, 1.807) is 19.2 Å². The zero-order valence-corrected chi connectivity index (χ0v) is 20.9. The first kappa shape index (κ1) is 25.6. The summed E-state index contributed by atoms with van der Waals surface area (Å²) in [7, 11) is 1.60. The molecule has 8 heteroatoms. The number of ether oxygens (including phenoxy) is 2. The minimum Gasteiger partial charge on any atom is -0.495 e. The summed E-state index contributed by atoms with van der Waals surface area (Å²) in [5, 5.41) is 3.27. The molecule has 2 aromatic carbocycles. The molecular formula is C26H33N3O4S. The number of rotatable bonds is 11. The first-order valence-electron chi connectivity index (χ1n) is 11.8. The summed E-state index contributed by atoms with van der Waals surface area (Å²) in [6.07, 6.45) is 4.69. The minimum atomic E-state index is -0.547. The Bertz CT molecular complexity index is 994. The highest BCUT2D eigenvalue weighted by Crippen LogP contribution is 2.32. The third kappa shape index (κ3) is 6.76. The first-order valence-corrected chi connectivity index (χ1v) is 12.7. The normalized spacial score (nSPS) is 16.1. The van der Waals surface area contributed by atoms with Gasteiger partial charge in [-0.3, -0.25) is 14.6 Å². The van der Waals surface area contributed by atoms with Gasteiger partial charge in [-0.15, -0.1) is 0 Å². The number of benzene rings is 2. The van der Waals surface area contributed by atoms with Crippen molar-refractivity contribution in [2.75, 3.05) is 30.5 Å². The van der Waals surface area contributed by atoms with Gasteiger partial charge in [0.05, 0.1) is 25.1 Å². The predicted octanol–water partition coefficient (Wildman–Crippen LogP) is 5.51. The Kier molecular flexibility index (Phi) is 9.82. The summed E-state index contributed by atoms with van der Waals surface area (Å²) in [4.78, 5) is 31.6. The van der Waals surface area contributed by atoms with Crippen molar-refractivity contribution in [3.63, 3.8) is 0 Å². The molecule has 182 valence electrons. The van der Waals surface area contributed by atoms with E-state index in [0.29, 0.717) is 29.8 Å². The van der Waals surface area contributed by atoms with Crippen molar-refractivity contribution in [1.82, 2.24) is 0 Å². The van der Waals surface area contributed by atoms with Crippen LogP contribution in [0.15, 0.2) is 53.5 Å². The number of hydrogen-bond acceptors (Lipinski definition) is 6. The Morgan fingerprint density at radius 3 is 2.56 bits per heavy atom. The Labute approximate surface area is 205 Å². The molecule has 2 amide bonds. The molecule has 1 aliphatic heterocycles. The lowest BCUT2D eigenvalue weighted by molar-refractivity contribution is -0.121. The molecule has 7 nitrogen and oxygen atoms in total. The van der Waals surface area contributed by atoms with Crippen LogP contribution >= 0.6 is 11.8 Å². The molecule has 1 saturated heterocycles. The number of nitrogens with zero attached hydrogens (tertiary/aromatic N) is 2. The average Bonchev–Trinajstić information content (AvgIpc) is 3.12. The second-order valence-electron chi connectivity index (χ2n) is 7.89. The molecule has 0 aliphatic carbocycles. The Balaban J connectivity index is 1.63. The van der Waals surface area contributed by atoms with Crippen molar-refractivity contribution in [3.8, 4) is 11.5 Å². The van der Waals surface area contributed by atoms with E-state index in [4.69, 9.17) is 9.47 Å². The minimum absolute atomic E-state index is 0.121. The van der Waals surface area contributed by atoms with E-state index in [1.165, 1.54) is 29.5 Å². The van der Waals surface area contributed by atoms with Gasteiger partial charge >= 0.3 is 0 Å². The molecule has 1 fully saturated rings. The molecule has 0 bridgehead atoms. The van der Waals surface area contributed by atoms with Crippen LogP contribution in [-0.4, -0.2) is 42.5 Å².